The van der Waals surface area contributed by atoms with Gasteiger partial charge in [-0.05, 0) is 135 Å². The molecule has 0 N–H and O–H groups in total. The maximum Gasteiger partial charge on any atom is 0.224 e. The van der Waals surface area contributed by atoms with Gasteiger partial charge in [-0.2, -0.15) is 18.2 Å². The van der Waals surface area contributed by atoms with E-state index in [1.807, 2.05) is 96.1 Å². The van der Waals surface area contributed by atoms with Gasteiger partial charge in [-0.3, -0.25) is 9.97 Å². The highest BCUT2D eigenvalue weighted by atomic mass is 35.5. The van der Waals surface area contributed by atoms with Crippen molar-refractivity contribution in [3.63, 3.8) is 0 Å². The van der Waals surface area contributed by atoms with Crippen molar-refractivity contribution in [3.05, 3.63) is 142 Å². The van der Waals surface area contributed by atoms with Crippen molar-refractivity contribution >= 4 is 11.6 Å². The van der Waals surface area contributed by atoms with E-state index in [1.54, 1.807) is 12.1 Å². The Morgan fingerprint density at radius 2 is 0.957 bits per heavy atom. The highest BCUT2D eigenvalue weighted by molar-refractivity contribution is 6.29. The van der Waals surface area contributed by atoms with Crippen LogP contribution < -0.4 is 0 Å². The van der Waals surface area contributed by atoms with Crippen LogP contribution in [0.15, 0.2) is 84.9 Å². The first kappa shape index (κ1) is 32.1. The standard InChI is InChI=1S/C39H32ClF3N4/c1-21-9-7-10-22(2)35(21)25-17-29(27-13-15-33(40)46-37(27)42)44-31(19-25)39(5,6)32-20-26(36-23(3)11-8-12-24(36)4)18-30(45-32)28-14-16-34(41)47-38(28)43/h7-20H,1-6H3. The molecule has 6 rings (SSSR count). The Morgan fingerprint density at radius 3 is 1.38 bits per heavy atom. The molecular weight excluding hydrogens is 617 g/mol. The van der Waals surface area contributed by atoms with Crippen LogP contribution in [0.25, 0.3) is 44.8 Å². The number of hydrogen-bond donors (Lipinski definition) is 0. The van der Waals surface area contributed by atoms with E-state index in [1.165, 1.54) is 12.1 Å². The fourth-order valence-corrected chi connectivity index (χ4v) is 6.28. The van der Waals surface area contributed by atoms with Gasteiger partial charge in [0.05, 0.1) is 33.9 Å². The molecule has 47 heavy (non-hydrogen) atoms. The van der Waals surface area contributed by atoms with Gasteiger partial charge in [-0.15, -0.1) is 0 Å². The Morgan fingerprint density at radius 1 is 0.532 bits per heavy atom. The maximum absolute atomic E-state index is 15.3. The van der Waals surface area contributed by atoms with Gasteiger partial charge in [0.1, 0.15) is 5.15 Å². The number of benzene rings is 2. The third-order valence-electron chi connectivity index (χ3n) is 8.65. The summed E-state index contributed by atoms with van der Waals surface area (Å²) in [6.07, 6.45) is 0. The van der Waals surface area contributed by atoms with Crippen LogP contribution in [0.2, 0.25) is 5.15 Å². The molecule has 2 aromatic carbocycles. The van der Waals surface area contributed by atoms with E-state index in [4.69, 9.17) is 21.6 Å². The third-order valence-corrected chi connectivity index (χ3v) is 8.86. The lowest BCUT2D eigenvalue weighted by molar-refractivity contribution is 0.514. The lowest BCUT2D eigenvalue weighted by atomic mass is 9.81. The smallest absolute Gasteiger partial charge is 0.224 e. The summed E-state index contributed by atoms with van der Waals surface area (Å²) in [7, 11) is 0. The van der Waals surface area contributed by atoms with Crippen LogP contribution in [-0.4, -0.2) is 19.9 Å². The van der Waals surface area contributed by atoms with E-state index in [0.717, 1.165) is 50.6 Å². The Bertz CT molecular complexity index is 1980. The van der Waals surface area contributed by atoms with Gasteiger partial charge in [0.25, 0.3) is 0 Å². The molecule has 0 fully saturated rings. The van der Waals surface area contributed by atoms with Crippen LogP contribution in [0.3, 0.4) is 0 Å². The Hall–Kier alpha value is -4.88. The van der Waals surface area contributed by atoms with E-state index in [9.17, 15) is 4.39 Å². The summed E-state index contributed by atoms with van der Waals surface area (Å²) in [4.78, 5) is 17.2. The van der Waals surface area contributed by atoms with Crippen molar-refractivity contribution < 1.29 is 13.2 Å². The summed E-state index contributed by atoms with van der Waals surface area (Å²) in [6, 6.07) is 25.3. The van der Waals surface area contributed by atoms with Gasteiger partial charge in [0, 0.05) is 5.41 Å². The SMILES string of the molecule is Cc1cccc(C)c1-c1cc(-c2ccc(F)nc2F)nc(C(C)(C)c2cc(-c3c(C)cccc3C)cc(-c3ccc(Cl)nc3F)n2)c1. The van der Waals surface area contributed by atoms with E-state index in [0.29, 0.717) is 22.8 Å². The highest BCUT2D eigenvalue weighted by Gasteiger charge is 2.30. The second-order valence-corrected chi connectivity index (χ2v) is 12.7. The van der Waals surface area contributed by atoms with Crippen LogP contribution in [0.4, 0.5) is 13.2 Å². The first-order valence-electron chi connectivity index (χ1n) is 15.2. The molecule has 4 nitrogen and oxygen atoms in total. The van der Waals surface area contributed by atoms with Gasteiger partial charge in [0.15, 0.2) is 0 Å². The summed E-state index contributed by atoms with van der Waals surface area (Å²) < 4.78 is 44.3. The zero-order chi connectivity index (χ0) is 33.6. The minimum atomic E-state index is -0.955. The van der Waals surface area contributed by atoms with Crippen LogP contribution >= 0.6 is 11.6 Å². The molecule has 0 bridgehead atoms. The number of pyridine rings is 4. The van der Waals surface area contributed by atoms with Crippen molar-refractivity contribution in [1.82, 2.24) is 19.9 Å². The number of halogens is 4. The fraction of sp³-hybridized carbons (Fsp3) is 0.179. The molecule has 0 atom stereocenters. The van der Waals surface area contributed by atoms with Crippen molar-refractivity contribution in [2.75, 3.05) is 0 Å². The minimum Gasteiger partial charge on any atom is -0.252 e. The Balaban J connectivity index is 1.63. The Kier molecular flexibility index (Phi) is 8.45. The molecule has 0 aliphatic heterocycles. The first-order chi connectivity index (χ1) is 22.3. The minimum absolute atomic E-state index is 0.0419. The quantitative estimate of drug-likeness (QED) is 0.169. The van der Waals surface area contributed by atoms with E-state index in [-0.39, 0.29) is 16.3 Å². The van der Waals surface area contributed by atoms with Crippen molar-refractivity contribution in [2.24, 2.45) is 0 Å². The number of aromatic nitrogens is 4. The van der Waals surface area contributed by atoms with Gasteiger partial charge in [-0.25, -0.2) is 4.98 Å². The number of aryl methyl sites for hydroxylation is 4. The van der Waals surface area contributed by atoms with Gasteiger partial charge in [0.2, 0.25) is 17.8 Å². The Labute approximate surface area is 277 Å². The van der Waals surface area contributed by atoms with E-state index in [2.05, 4.69) is 9.97 Å². The molecule has 0 unspecified atom stereocenters. The molecule has 0 saturated heterocycles. The van der Waals surface area contributed by atoms with Crippen LogP contribution in [0.1, 0.15) is 47.5 Å². The van der Waals surface area contributed by atoms with E-state index < -0.39 is 23.3 Å². The zero-order valence-electron chi connectivity index (χ0n) is 26.9. The number of rotatable bonds is 6. The molecular formula is C39H32ClF3N4. The summed E-state index contributed by atoms with van der Waals surface area (Å²) in [5.74, 6) is -2.60. The third kappa shape index (κ3) is 6.15. The first-order valence-corrected chi connectivity index (χ1v) is 15.5. The average Bonchev–Trinajstić information content (AvgIpc) is 3.00. The van der Waals surface area contributed by atoms with Gasteiger partial charge < -0.3 is 0 Å². The number of nitrogens with zero attached hydrogens (tertiary/aromatic N) is 4. The predicted molar refractivity (Wildman–Crippen MR) is 182 cm³/mol. The molecule has 4 heterocycles. The monoisotopic (exact) mass is 648 g/mol. The zero-order valence-corrected chi connectivity index (χ0v) is 27.6. The van der Waals surface area contributed by atoms with Crippen molar-refractivity contribution in [2.45, 2.75) is 47.0 Å². The summed E-state index contributed by atoms with van der Waals surface area (Å²) in [5, 5.41) is 0.0419. The maximum atomic E-state index is 15.3. The number of hydrogen-bond acceptors (Lipinski definition) is 4. The van der Waals surface area contributed by atoms with Gasteiger partial charge in [-0.1, -0.05) is 48.0 Å². The normalized spacial score (nSPS) is 11.6. The lowest BCUT2D eigenvalue weighted by Gasteiger charge is -2.27. The predicted octanol–water partition coefficient (Wildman–Crippen LogP) is 10.6. The summed E-state index contributed by atoms with van der Waals surface area (Å²) in [5.41, 5.74) is 9.10. The second-order valence-electron chi connectivity index (χ2n) is 12.4. The lowest BCUT2D eigenvalue weighted by Crippen LogP contribution is -2.23. The van der Waals surface area contributed by atoms with Gasteiger partial charge >= 0.3 is 0 Å². The largest absolute Gasteiger partial charge is 0.252 e. The highest BCUT2D eigenvalue weighted by Crippen LogP contribution is 2.40. The molecule has 8 heteroatoms. The van der Waals surface area contributed by atoms with Crippen molar-refractivity contribution in [1.29, 1.82) is 0 Å². The van der Waals surface area contributed by atoms with E-state index >= 15 is 8.78 Å². The van der Waals surface area contributed by atoms with Crippen LogP contribution in [0, 0.1) is 45.5 Å². The molecule has 0 saturated carbocycles. The molecule has 0 radical (unpaired) electrons. The molecule has 0 spiro atoms. The molecule has 6 aromatic rings. The molecule has 0 aliphatic carbocycles. The molecule has 236 valence electrons. The fourth-order valence-electron chi connectivity index (χ4n) is 6.14. The van der Waals surface area contributed by atoms with Crippen LogP contribution in [0.5, 0.6) is 0 Å². The van der Waals surface area contributed by atoms with Crippen LogP contribution in [-0.2, 0) is 5.41 Å². The van der Waals surface area contributed by atoms with Crippen molar-refractivity contribution in [3.8, 4) is 44.8 Å². The topological polar surface area (TPSA) is 51.6 Å². The average molecular weight is 649 g/mol. The summed E-state index contributed by atoms with van der Waals surface area (Å²) in [6.45, 7) is 12.1. The second kappa shape index (κ2) is 12.4. The summed E-state index contributed by atoms with van der Waals surface area (Å²) >= 11 is 6.00. The molecule has 4 aromatic heterocycles. The molecule has 0 aliphatic rings. The molecule has 0 amide bonds.